The van der Waals surface area contributed by atoms with Gasteiger partial charge in [-0.25, -0.2) is 4.98 Å². The predicted molar refractivity (Wildman–Crippen MR) is 132 cm³/mol. The van der Waals surface area contributed by atoms with E-state index in [1.165, 1.54) is 0 Å². The van der Waals surface area contributed by atoms with Crippen LogP contribution in [0.5, 0.6) is 5.75 Å². The van der Waals surface area contributed by atoms with Gasteiger partial charge in [0.15, 0.2) is 5.78 Å². The van der Waals surface area contributed by atoms with Crippen molar-refractivity contribution in [2.45, 2.75) is 24.3 Å². The minimum atomic E-state index is -0.779. The number of ketones is 1. The van der Waals surface area contributed by atoms with Crippen molar-refractivity contribution in [1.82, 2.24) is 14.9 Å². The summed E-state index contributed by atoms with van der Waals surface area (Å²) in [6.07, 6.45) is 5.09. The Balaban J connectivity index is 1.34. The van der Waals surface area contributed by atoms with E-state index in [0.717, 1.165) is 41.2 Å². The number of carbonyl (C=O) groups is 2. The van der Waals surface area contributed by atoms with E-state index < -0.39 is 11.9 Å². The second kappa shape index (κ2) is 11.4. The van der Waals surface area contributed by atoms with Crippen molar-refractivity contribution in [2.24, 2.45) is 11.8 Å². The van der Waals surface area contributed by atoms with E-state index in [2.05, 4.69) is 14.9 Å². The highest BCUT2D eigenvalue weighted by atomic mass is 32.2. The van der Waals surface area contributed by atoms with Crippen molar-refractivity contribution in [3.63, 3.8) is 0 Å². The van der Waals surface area contributed by atoms with Crippen LogP contribution < -0.4 is 4.74 Å². The number of carboxylic acids is 1. The number of rotatable bonds is 10. The van der Waals surface area contributed by atoms with E-state index in [1.807, 2.05) is 36.4 Å². The molecule has 7 nitrogen and oxygen atoms in total. The van der Waals surface area contributed by atoms with Crippen molar-refractivity contribution in [3.8, 4) is 5.75 Å². The van der Waals surface area contributed by atoms with Gasteiger partial charge in [-0.3, -0.25) is 14.6 Å². The number of aliphatic carboxylic acids is 1. The summed E-state index contributed by atoms with van der Waals surface area (Å²) in [6, 6.07) is 13.1. The molecule has 1 aliphatic heterocycles. The van der Waals surface area contributed by atoms with Crippen LogP contribution in [0.15, 0.2) is 59.9 Å². The zero-order valence-electron chi connectivity index (χ0n) is 19.2. The van der Waals surface area contributed by atoms with E-state index in [0.29, 0.717) is 30.7 Å². The van der Waals surface area contributed by atoms with E-state index >= 15 is 0 Å². The molecule has 0 amide bonds. The third kappa shape index (κ3) is 5.93. The summed E-state index contributed by atoms with van der Waals surface area (Å²) in [7, 11) is 1.59. The molecule has 1 saturated heterocycles. The summed E-state index contributed by atoms with van der Waals surface area (Å²) in [4.78, 5) is 36.0. The molecule has 2 aromatic heterocycles. The smallest absolute Gasteiger partial charge is 0.308 e. The van der Waals surface area contributed by atoms with Crippen LogP contribution in [0, 0.1) is 11.8 Å². The first-order chi connectivity index (χ1) is 16.5. The van der Waals surface area contributed by atoms with Crippen LogP contribution in [0.2, 0.25) is 0 Å². The topological polar surface area (TPSA) is 92.6 Å². The standard InChI is InChI=1S/C26H29N3O4S/c1-33-19-6-7-23-21(16-19)20(9-12-27-23)24(30)8-5-18-10-13-29(17-22(18)26(31)32)14-15-34-25-4-2-3-11-28-25/h2-4,6-7,9,11-12,16,18,22H,5,8,10,13-15,17H2,1H3,(H,31,32)/t18-,22+/m0/s1. The number of aromatic nitrogens is 2. The van der Waals surface area contributed by atoms with E-state index in [-0.39, 0.29) is 11.7 Å². The third-order valence-electron chi connectivity index (χ3n) is 6.44. The minimum Gasteiger partial charge on any atom is -0.497 e. The Bertz CT molecular complexity index is 1140. The second-order valence-electron chi connectivity index (χ2n) is 8.51. The number of hydrogen-bond donors (Lipinski definition) is 1. The average Bonchev–Trinajstić information content (AvgIpc) is 2.87. The number of benzene rings is 1. The molecule has 0 aliphatic carbocycles. The number of methoxy groups -OCH3 is 1. The first-order valence-electron chi connectivity index (χ1n) is 11.5. The fraction of sp³-hybridized carbons (Fsp3) is 0.385. The number of likely N-dealkylation sites (tertiary alicyclic amines) is 1. The first kappa shape index (κ1) is 24.2. The molecule has 4 rings (SSSR count). The molecular formula is C26H29N3O4S. The lowest BCUT2D eigenvalue weighted by Crippen LogP contribution is -2.44. The molecule has 0 bridgehead atoms. The number of pyridine rings is 2. The molecule has 3 aromatic rings. The van der Waals surface area contributed by atoms with Gasteiger partial charge >= 0.3 is 5.97 Å². The van der Waals surface area contributed by atoms with Gasteiger partial charge in [0.05, 0.1) is 23.6 Å². The number of ether oxygens (including phenoxy) is 1. The largest absolute Gasteiger partial charge is 0.497 e. The Morgan fingerprint density at radius 3 is 2.82 bits per heavy atom. The van der Waals surface area contributed by atoms with Crippen molar-refractivity contribution >= 4 is 34.4 Å². The Morgan fingerprint density at radius 1 is 1.18 bits per heavy atom. The number of hydrogen-bond acceptors (Lipinski definition) is 7. The third-order valence-corrected chi connectivity index (χ3v) is 7.37. The quantitative estimate of drug-likeness (QED) is 0.338. The molecule has 3 heterocycles. The van der Waals surface area contributed by atoms with Crippen molar-refractivity contribution in [1.29, 1.82) is 0 Å². The van der Waals surface area contributed by atoms with Crippen LogP contribution in [0.3, 0.4) is 0 Å². The van der Waals surface area contributed by atoms with Gasteiger partial charge in [0.1, 0.15) is 5.75 Å². The number of carbonyl (C=O) groups excluding carboxylic acids is 1. The Hall–Kier alpha value is -2.97. The highest BCUT2D eigenvalue weighted by Gasteiger charge is 2.34. The molecule has 1 N–H and O–H groups in total. The molecule has 34 heavy (non-hydrogen) atoms. The Morgan fingerprint density at radius 2 is 2.06 bits per heavy atom. The average molecular weight is 480 g/mol. The van der Waals surface area contributed by atoms with Crippen molar-refractivity contribution < 1.29 is 19.4 Å². The lowest BCUT2D eigenvalue weighted by atomic mass is 9.81. The van der Waals surface area contributed by atoms with Gasteiger partial charge in [-0.05, 0) is 61.7 Å². The predicted octanol–water partition coefficient (Wildman–Crippen LogP) is 4.42. The number of fused-ring (bicyclic) bond motifs is 1. The molecule has 0 saturated carbocycles. The molecule has 2 atom stereocenters. The van der Waals surface area contributed by atoms with Gasteiger partial charge in [0, 0.05) is 48.6 Å². The zero-order valence-corrected chi connectivity index (χ0v) is 20.0. The molecule has 1 fully saturated rings. The minimum absolute atomic E-state index is 0.0104. The molecule has 0 spiro atoms. The molecule has 8 heteroatoms. The highest BCUT2D eigenvalue weighted by molar-refractivity contribution is 7.99. The second-order valence-corrected chi connectivity index (χ2v) is 9.63. The van der Waals surface area contributed by atoms with Crippen LogP contribution in [-0.4, -0.2) is 64.2 Å². The van der Waals surface area contributed by atoms with Gasteiger partial charge in [0.25, 0.3) is 0 Å². The maximum Gasteiger partial charge on any atom is 0.308 e. The molecule has 0 radical (unpaired) electrons. The summed E-state index contributed by atoms with van der Waals surface area (Å²) < 4.78 is 5.30. The summed E-state index contributed by atoms with van der Waals surface area (Å²) >= 11 is 1.68. The monoisotopic (exact) mass is 479 g/mol. The van der Waals surface area contributed by atoms with E-state index in [4.69, 9.17) is 4.74 Å². The van der Waals surface area contributed by atoms with Crippen molar-refractivity contribution in [3.05, 3.63) is 60.4 Å². The number of Topliss-reactive ketones (excluding diaryl/α,β-unsaturated/α-hetero) is 1. The van der Waals surface area contributed by atoms with Crippen LogP contribution in [-0.2, 0) is 4.79 Å². The maximum atomic E-state index is 13.1. The summed E-state index contributed by atoms with van der Waals surface area (Å²) in [5, 5.41) is 11.6. The van der Waals surface area contributed by atoms with E-state index in [1.54, 1.807) is 37.3 Å². The van der Waals surface area contributed by atoms with Gasteiger partial charge < -0.3 is 14.7 Å². The Kier molecular flexibility index (Phi) is 8.13. The highest BCUT2D eigenvalue weighted by Crippen LogP contribution is 2.30. The first-order valence-corrected chi connectivity index (χ1v) is 12.5. The number of thioether (sulfide) groups is 1. The number of nitrogens with zero attached hydrogens (tertiary/aromatic N) is 3. The fourth-order valence-corrected chi connectivity index (χ4v) is 5.42. The normalized spacial score (nSPS) is 18.6. The van der Waals surface area contributed by atoms with Crippen molar-refractivity contribution in [2.75, 3.05) is 32.5 Å². The van der Waals surface area contributed by atoms with Crippen LogP contribution in [0.1, 0.15) is 29.6 Å². The molecular weight excluding hydrogens is 450 g/mol. The lowest BCUT2D eigenvalue weighted by molar-refractivity contribution is -0.146. The van der Waals surface area contributed by atoms with Gasteiger partial charge in [-0.2, -0.15) is 0 Å². The number of carboxylic acid groups (broad SMARTS) is 1. The SMILES string of the molecule is COc1ccc2nccc(C(=O)CC[C@H]3CCN(CCSc4ccccn4)C[C@H]3C(=O)O)c2c1. The van der Waals surface area contributed by atoms with Gasteiger partial charge in [0.2, 0.25) is 0 Å². The molecule has 1 aromatic carbocycles. The van der Waals surface area contributed by atoms with E-state index in [9.17, 15) is 14.7 Å². The molecule has 0 unspecified atom stereocenters. The summed E-state index contributed by atoms with van der Waals surface area (Å²) in [5.74, 6) is 0.302. The molecule has 178 valence electrons. The maximum absolute atomic E-state index is 13.1. The molecule has 1 aliphatic rings. The fourth-order valence-electron chi connectivity index (χ4n) is 4.55. The van der Waals surface area contributed by atoms with Crippen LogP contribution in [0.25, 0.3) is 10.9 Å². The van der Waals surface area contributed by atoms with Crippen LogP contribution in [0.4, 0.5) is 0 Å². The van der Waals surface area contributed by atoms with Gasteiger partial charge in [-0.15, -0.1) is 11.8 Å². The number of piperidine rings is 1. The van der Waals surface area contributed by atoms with Gasteiger partial charge in [-0.1, -0.05) is 6.07 Å². The summed E-state index contributed by atoms with van der Waals surface area (Å²) in [5.41, 5.74) is 1.35. The Labute approximate surface area is 203 Å². The summed E-state index contributed by atoms with van der Waals surface area (Å²) in [6.45, 7) is 2.19. The zero-order chi connectivity index (χ0) is 23.9. The lowest BCUT2D eigenvalue weighted by Gasteiger charge is -2.36. The van der Waals surface area contributed by atoms with Crippen LogP contribution >= 0.6 is 11.8 Å².